The van der Waals surface area contributed by atoms with E-state index in [2.05, 4.69) is 0 Å². The minimum absolute atomic E-state index is 0.330. The average molecular weight is 210 g/mol. The van der Waals surface area contributed by atoms with Crippen molar-refractivity contribution < 1.29 is 13.2 Å². The fourth-order valence-electron chi connectivity index (χ4n) is 1.90. The van der Waals surface area contributed by atoms with Gasteiger partial charge in [0.25, 0.3) is 0 Å². The van der Waals surface area contributed by atoms with Crippen LogP contribution in [0.3, 0.4) is 0 Å². The molecule has 0 saturated carbocycles. The monoisotopic (exact) mass is 210 g/mol. The number of alkyl halides is 3. The molecule has 1 saturated heterocycles. The van der Waals surface area contributed by atoms with Gasteiger partial charge < -0.3 is 5.73 Å². The van der Waals surface area contributed by atoms with Crippen molar-refractivity contribution >= 4 is 0 Å². The van der Waals surface area contributed by atoms with Crippen LogP contribution in [0.4, 0.5) is 13.2 Å². The summed E-state index contributed by atoms with van der Waals surface area (Å²) >= 11 is 0. The molecule has 2 N–H and O–H groups in total. The summed E-state index contributed by atoms with van der Waals surface area (Å²) in [4.78, 5) is 1.48. The van der Waals surface area contributed by atoms with Crippen LogP contribution in [-0.4, -0.2) is 36.8 Å². The van der Waals surface area contributed by atoms with Crippen molar-refractivity contribution in [3.63, 3.8) is 0 Å². The molecule has 84 valence electrons. The third kappa shape index (κ3) is 3.13. The molecule has 0 bridgehead atoms. The fourth-order valence-corrected chi connectivity index (χ4v) is 1.90. The highest BCUT2D eigenvalue weighted by Gasteiger charge is 2.42. The second-order valence-corrected chi connectivity index (χ2v) is 3.74. The summed E-state index contributed by atoms with van der Waals surface area (Å²) in [6, 6.07) is -1.44. The van der Waals surface area contributed by atoms with Crippen molar-refractivity contribution in [3.05, 3.63) is 0 Å². The Balaban J connectivity index is 2.58. The Kier molecular flexibility index (Phi) is 4.19. The summed E-state index contributed by atoms with van der Waals surface area (Å²) < 4.78 is 37.5. The van der Waals surface area contributed by atoms with Gasteiger partial charge in [0.15, 0.2) is 0 Å². The third-order valence-electron chi connectivity index (χ3n) is 2.68. The molecule has 0 radical (unpaired) electrons. The van der Waals surface area contributed by atoms with E-state index in [0.717, 1.165) is 25.7 Å². The molecule has 1 aliphatic heterocycles. The van der Waals surface area contributed by atoms with Gasteiger partial charge >= 0.3 is 6.18 Å². The maximum absolute atomic E-state index is 12.5. The molecule has 14 heavy (non-hydrogen) atoms. The van der Waals surface area contributed by atoms with Crippen LogP contribution in [-0.2, 0) is 0 Å². The van der Waals surface area contributed by atoms with Gasteiger partial charge in [0.2, 0.25) is 0 Å². The smallest absolute Gasteiger partial charge is 0.329 e. The number of nitrogens with zero attached hydrogens (tertiary/aromatic N) is 1. The van der Waals surface area contributed by atoms with Gasteiger partial charge in [0.1, 0.15) is 6.04 Å². The van der Waals surface area contributed by atoms with Gasteiger partial charge in [-0.2, -0.15) is 13.2 Å². The van der Waals surface area contributed by atoms with Gasteiger partial charge in [0, 0.05) is 6.54 Å². The van der Waals surface area contributed by atoms with E-state index in [1.165, 1.54) is 4.90 Å². The molecule has 0 amide bonds. The number of halogens is 3. The van der Waals surface area contributed by atoms with E-state index in [4.69, 9.17) is 5.73 Å². The Morgan fingerprint density at radius 1 is 1.07 bits per heavy atom. The number of hydrogen-bond acceptors (Lipinski definition) is 2. The Morgan fingerprint density at radius 2 is 1.57 bits per heavy atom. The maximum Gasteiger partial charge on any atom is 0.405 e. The van der Waals surface area contributed by atoms with Gasteiger partial charge in [-0.1, -0.05) is 12.8 Å². The molecule has 1 unspecified atom stereocenters. The zero-order chi connectivity index (χ0) is 10.6. The van der Waals surface area contributed by atoms with Crippen LogP contribution in [0.15, 0.2) is 0 Å². The molecule has 0 spiro atoms. The molecule has 0 aliphatic carbocycles. The minimum atomic E-state index is -4.18. The second kappa shape index (κ2) is 4.98. The normalized spacial score (nSPS) is 23.1. The molecule has 1 rings (SSSR count). The first kappa shape index (κ1) is 11.8. The highest BCUT2D eigenvalue weighted by Crippen LogP contribution is 2.26. The molecule has 5 heteroatoms. The summed E-state index contributed by atoms with van der Waals surface area (Å²) in [5.74, 6) is 0. The van der Waals surface area contributed by atoms with Gasteiger partial charge in [-0.05, 0) is 25.9 Å². The minimum Gasteiger partial charge on any atom is -0.329 e. The van der Waals surface area contributed by atoms with E-state index in [0.29, 0.717) is 13.1 Å². The lowest BCUT2D eigenvalue weighted by Gasteiger charge is -2.31. The molecule has 1 aliphatic rings. The van der Waals surface area contributed by atoms with Crippen LogP contribution >= 0.6 is 0 Å². The second-order valence-electron chi connectivity index (χ2n) is 3.74. The van der Waals surface area contributed by atoms with Crippen LogP contribution in [0.5, 0.6) is 0 Å². The molecule has 2 nitrogen and oxygen atoms in total. The van der Waals surface area contributed by atoms with E-state index < -0.39 is 12.2 Å². The van der Waals surface area contributed by atoms with Gasteiger partial charge in [-0.15, -0.1) is 0 Å². The first-order valence-corrected chi connectivity index (χ1v) is 5.06. The summed E-state index contributed by atoms with van der Waals surface area (Å²) in [5.41, 5.74) is 5.18. The van der Waals surface area contributed by atoms with Crippen molar-refractivity contribution in [3.8, 4) is 0 Å². The number of rotatable bonds is 2. The number of hydrogen-bond donors (Lipinski definition) is 1. The lowest BCUT2D eigenvalue weighted by molar-refractivity contribution is -0.180. The SMILES string of the molecule is NCC(N1CCCCCC1)C(F)(F)F. The van der Waals surface area contributed by atoms with Crippen LogP contribution < -0.4 is 5.73 Å². The first-order valence-electron chi connectivity index (χ1n) is 5.06. The predicted molar refractivity (Wildman–Crippen MR) is 48.9 cm³/mol. The van der Waals surface area contributed by atoms with Crippen molar-refractivity contribution in [1.29, 1.82) is 0 Å². The van der Waals surface area contributed by atoms with E-state index in [1.54, 1.807) is 0 Å². The number of likely N-dealkylation sites (tertiary alicyclic amines) is 1. The van der Waals surface area contributed by atoms with Crippen molar-refractivity contribution in [2.45, 2.75) is 37.9 Å². The van der Waals surface area contributed by atoms with Crippen LogP contribution in [0.25, 0.3) is 0 Å². The van der Waals surface area contributed by atoms with Crippen molar-refractivity contribution in [2.75, 3.05) is 19.6 Å². The lowest BCUT2D eigenvalue weighted by atomic mass is 10.2. The molecule has 1 heterocycles. The van der Waals surface area contributed by atoms with Gasteiger partial charge in [-0.25, -0.2) is 0 Å². The van der Waals surface area contributed by atoms with Crippen LogP contribution in [0, 0.1) is 0 Å². The highest BCUT2D eigenvalue weighted by molar-refractivity contribution is 4.80. The zero-order valence-corrected chi connectivity index (χ0v) is 8.19. The largest absolute Gasteiger partial charge is 0.405 e. The van der Waals surface area contributed by atoms with E-state index in [1.807, 2.05) is 0 Å². The summed E-state index contributed by atoms with van der Waals surface area (Å²) in [6.45, 7) is 0.728. The van der Waals surface area contributed by atoms with E-state index in [-0.39, 0.29) is 6.54 Å². The lowest BCUT2D eigenvalue weighted by Crippen LogP contribution is -2.50. The Bertz CT molecular complexity index is 162. The van der Waals surface area contributed by atoms with Crippen LogP contribution in [0.2, 0.25) is 0 Å². The molecular formula is C9H17F3N2. The molecule has 1 fully saturated rings. The third-order valence-corrected chi connectivity index (χ3v) is 2.68. The Hall–Kier alpha value is -0.290. The molecule has 0 aromatic rings. The summed E-state index contributed by atoms with van der Waals surface area (Å²) in [7, 11) is 0. The van der Waals surface area contributed by atoms with E-state index >= 15 is 0 Å². The molecule has 0 aromatic heterocycles. The highest BCUT2D eigenvalue weighted by atomic mass is 19.4. The van der Waals surface area contributed by atoms with Crippen LogP contribution in [0.1, 0.15) is 25.7 Å². The predicted octanol–water partition coefficient (Wildman–Crippen LogP) is 1.75. The summed E-state index contributed by atoms with van der Waals surface area (Å²) in [5, 5.41) is 0. The molecule has 0 aromatic carbocycles. The molecular weight excluding hydrogens is 193 g/mol. The van der Waals surface area contributed by atoms with Gasteiger partial charge in [-0.3, -0.25) is 4.90 Å². The van der Waals surface area contributed by atoms with Gasteiger partial charge in [0.05, 0.1) is 0 Å². The quantitative estimate of drug-likeness (QED) is 0.752. The zero-order valence-electron chi connectivity index (χ0n) is 8.19. The van der Waals surface area contributed by atoms with E-state index in [9.17, 15) is 13.2 Å². The topological polar surface area (TPSA) is 29.3 Å². The van der Waals surface area contributed by atoms with Crippen molar-refractivity contribution in [2.24, 2.45) is 5.73 Å². The van der Waals surface area contributed by atoms with Crippen molar-refractivity contribution in [1.82, 2.24) is 4.90 Å². The Morgan fingerprint density at radius 3 is 1.93 bits per heavy atom. The molecule has 1 atom stereocenters. The standard InChI is InChI=1S/C9H17F3N2/c10-9(11,12)8(7-13)14-5-3-1-2-4-6-14/h8H,1-7,13H2. The average Bonchev–Trinajstić information content (AvgIpc) is 2.31. The fraction of sp³-hybridized carbons (Fsp3) is 1.00. The first-order chi connectivity index (χ1) is 6.55. The maximum atomic E-state index is 12.5. The number of nitrogens with two attached hydrogens (primary N) is 1. The summed E-state index contributed by atoms with van der Waals surface area (Å²) in [6.07, 6.45) is -0.407. The Labute approximate surface area is 82.2 Å².